The highest BCUT2D eigenvalue weighted by Gasteiger charge is 2.04. The van der Waals surface area contributed by atoms with Crippen molar-refractivity contribution in [2.45, 2.75) is 19.9 Å². The van der Waals surface area contributed by atoms with Crippen molar-refractivity contribution in [1.29, 1.82) is 0 Å². The van der Waals surface area contributed by atoms with Crippen LogP contribution in [0.5, 0.6) is 0 Å². The van der Waals surface area contributed by atoms with Crippen LogP contribution >= 0.6 is 0 Å². The van der Waals surface area contributed by atoms with Crippen LogP contribution in [0.15, 0.2) is 18.2 Å². The Balaban J connectivity index is 2.51. The van der Waals surface area contributed by atoms with Gasteiger partial charge in [0.2, 0.25) is 0 Å². The molecule has 5 heteroatoms. The lowest BCUT2D eigenvalue weighted by Gasteiger charge is -2.02. The predicted octanol–water partition coefficient (Wildman–Crippen LogP) is 0.205. The zero-order chi connectivity index (χ0) is 10.8. The molecule has 0 unspecified atom stereocenters. The molecule has 78 valence electrons. The number of carbonyl (C=O) groups excluding carboxylic acids is 1. The molecule has 2 rings (SSSR count). The van der Waals surface area contributed by atoms with E-state index in [2.05, 4.69) is 10.3 Å². The monoisotopic (exact) mass is 204 g/mol. The molecule has 1 aromatic heterocycles. The number of carboxylic acid groups (broad SMARTS) is 1. The molecule has 1 heterocycles. The van der Waals surface area contributed by atoms with Crippen molar-refractivity contribution < 1.29 is 9.90 Å². The van der Waals surface area contributed by atoms with Crippen molar-refractivity contribution in [2.24, 2.45) is 0 Å². The van der Waals surface area contributed by atoms with E-state index in [1.807, 2.05) is 6.92 Å². The maximum atomic E-state index is 10.6. The van der Waals surface area contributed by atoms with Crippen LogP contribution < -0.4 is 5.11 Å². The van der Waals surface area contributed by atoms with E-state index < -0.39 is 5.97 Å². The summed E-state index contributed by atoms with van der Waals surface area (Å²) in [5.74, 6) is -1.19. The van der Waals surface area contributed by atoms with Gasteiger partial charge in [-0.2, -0.15) is 0 Å². The van der Waals surface area contributed by atoms with Crippen molar-refractivity contribution >= 4 is 17.0 Å². The van der Waals surface area contributed by atoms with Gasteiger partial charge in [0.1, 0.15) is 5.52 Å². The SMILES string of the molecule is CCCn1nnc2cc(C(=O)[O-])ccc21. The minimum absolute atomic E-state index is 0.131. The van der Waals surface area contributed by atoms with Gasteiger partial charge in [-0.25, -0.2) is 4.68 Å². The van der Waals surface area contributed by atoms with Gasteiger partial charge in [0.05, 0.1) is 11.5 Å². The first-order valence-electron chi connectivity index (χ1n) is 4.77. The molecular formula is C10H10N3O2-. The van der Waals surface area contributed by atoms with Crippen LogP contribution in [0.3, 0.4) is 0 Å². The first-order valence-corrected chi connectivity index (χ1v) is 4.77. The molecule has 0 saturated heterocycles. The molecule has 0 bridgehead atoms. The Morgan fingerprint density at radius 2 is 2.33 bits per heavy atom. The van der Waals surface area contributed by atoms with E-state index in [0.29, 0.717) is 5.52 Å². The van der Waals surface area contributed by atoms with Gasteiger partial charge in [-0.3, -0.25) is 0 Å². The van der Waals surface area contributed by atoms with Crippen LogP contribution in [-0.2, 0) is 6.54 Å². The Morgan fingerprint density at radius 3 is 3.00 bits per heavy atom. The minimum Gasteiger partial charge on any atom is -0.545 e. The average Bonchev–Trinajstić information content (AvgIpc) is 2.61. The summed E-state index contributed by atoms with van der Waals surface area (Å²) in [5, 5.41) is 18.5. The Labute approximate surface area is 86.3 Å². The van der Waals surface area contributed by atoms with Crippen molar-refractivity contribution in [3.8, 4) is 0 Å². The number of aromatic carboxylic acids is 1. The molecule has 1 aromatic carbocycles. The zero-order valence-electron chi connectivity index (χ0n) is 8.30. The van der Waals surface area contributed by atoms with Gasteiger partial charge in [-0.15, -0.1) is 5.10 Å². The summed E-state index contributed by atoms with van der Waals surface area (Å²) in [6, 6.07) is 4.69. The standard InChI is InChI=1S/C10H11N3O2/c1-2-5-13-9-4-3-7(10(14)15)6-8(9)11-12-13/h3-4,6H,2,5H2,1H3,(H,14,15)/p-1. The number of aryl methyl sites for hydroxylation is 1. The summed E-state index contributed by atoms with van der Waals surface area (Å²) >= 11 is 0. The first kappa shape index (κ1) is 9.64. The summed E-state index contributed by atoms with van der Waals surface area (Å²) in [6.45, 7) is 2.82. The van der Waals surface area contributed by atoms with Gasteiger partial charge in [-0.1, -0.05) is 18.2 Å². The van der Waals surface area contributed by atoms with E-state index in [-0.39, 0.29) is 5.56 Å². The zero-order valence-corrected chi connectivity index (χ0v) is 8.30. The fourth-order valence-corrected chi connectivity index (χ4v) is 1.48. The molecule has 0 aliphatic heterocycles. The van der Waals surface area contributed by atoms with Crippen molar-refractivity contribution in [3.63, 3.8) is 0 Å². The second-order valence-electron chi connectivity index (χ2n) is 3.30. The Kier molecular flexibility index (Phi) is 2.37. The second kappa shape index (κ2) is 3.68. The summed E-state index contributed by atoms with van der Waals surface area (Å²) in [6.07, 6.45) is 0.959. The molecule has 0 aliphatic rings. The molecule has 0 saturated carbocycles. The van der Waals surface area contributed by atoms with E-state index in [0.717, 1.165) is 18.5 Å². The highest BCUT2D eigenvalue weighted by atomic mass is 16.4. The van der Waals surface area contributed by atoms with Gasteiger partial charge in [0.25, 0.3) is 0 Å². The fraction of sp³-hybridized carbons (Fsp3) is 0.300. The maximum Gasteiger partial charge on any atom is 0.113 e. The van der Waals surface area contributed by atoms with Crippen LogP contribution in [0.1, 0.15) is 23.7 Å². The van der Waals surface area contributed by atoms with E-state index in [4.69, 9.17) is 0 Å². The molecule has 0 N–H and O–H groups in total. The molecule has 0 spiro atoms. The van der Waals surface area contributed by atoms with Crippen LogP contribution in [0.2, 0.25) is 0 Å². The molecule has 0 amide bonds. The van der Waals surface area contributed by atoms with Gasteiger partial charge in [0.15, 0.2) is 0 Å². The maximum absolute atomic E-state index is 10.6. The molecular weight excluding hydrogens is 194 g/mol. The molecule has 0 aliphatic carbocycles. The Hall–Kier alpha value is -1.91. The van der Waals surface area contributed by atoms with Crippen LogP contribution in [0.25, 0.3) is 11.0 Å². The largest absolute Gasteiger partial charge is 0.545 e. The predicted molar refractivity (Wildman–Crippen MR) is 52.1 cm³/mol. The lowest BCUT2D eigenvalue weighted by Crippen LogP contribution is -2.21. The second-order valence-corrected chi connectivity index (χ2v) is 3.30. The smallest absolute Gasteiger partial charge is 0.113 e. The van der Waals surface area contributed by atoms with Gasteiger partial charge in [0, 0.05) is 6.54 Å². The van der Waals surface area contributed by atoms with E-state index in [9.17, 15) is 9.90 Å². The van der Waals surface area contributed by atoms with Gasteiger partial charge in [-0.05, 0) is 24.1 Å². The molecule has 15 heavy (non-hydrogen) atoms. The van der Waals surface area contributed by atoms with Crippen molar-refractivity contribution in [3.05, 3.63) is 23.8 Å². The molecule has 2 aromatic rings. The first-order chi connectivity index (χ1) is 7.22. The lowest BCUT2D eigenvalue weighted by molar-refractivity contribution is -0.255. The number of nitrogens with zero attached hydrogens (tertiary/aromatic N) is 3. The van der Waals surface area contributed by atoms with Crippen molar-refractivity contribution in [2.75, 3.05) is 0 Å². The number of fused-ring (bicyclic) bond motifs is 1. The minimum atomic E-state index is -1.19. The normalized spacial score (nSPS) is 10.7. The number of rotatable bonds is 3. The summed E-state index contributed by atoms with van der Waals surface area (Å²) < 4.78 is 1.76. The van der Waals surface area contributed by atoms with Crippen LogP contribution in [0.4, 0.5) is 0 Å². The lowest BCUT2D eigenvalue weighted by atomic mass is 10.2. The van der Waals surface area contributed by atoms with E-state index in [1.165, 1.54) is 12.1 Å². The number of carboxylic acids is 1. The molecule has 0 radical (unpaired) electrons. The van der Waals surface area contributed by atoms with Crippen LogP contribution in [-0.4, -0.2) is 21.0 Å². The number of hydrogen-bond acceptors (Lipinski definition) is 4. The summed E-state index contributed by atoms with van der Waals surface area (Å²) in [5.41, 5.74) is 1.57. The third kappa shape index (κ3) is 1.68. The van der Waals surface area contributed by atoms with Crippen molar-refractivity contribution in [1.82, 2.24) is 15.0 Å². The topological polar surface area (TPSA) is 70.8 Å². The number of benzene rings is 1. The third-order valence-corrected chi connectivity index (χ3v) is 2.19. The Bertz CT molecular complexity index is 504. The fourth-order valence-electron chi connectivity index (χ4n) is 1.48. The summed E-state index contributed by atoms with van der Waals surface area (Å²) in [7, 11) is 0. The average molecular weight is 204 g/mol. The molecule has 0 fully saturated rings. The highest BCUT2D eigenvalue weighted by molar-refractivity contribution is 5.90. The molecule has 0 atom stereocenters. The number of aromatic nitrogens is 3. The van der Waals surface area contributed by atoms with E-state index in [1.54, 1.807) is 10.7 Å². The summed E-state index contributed by atoms with van der Waals surface area (Å²) in [4.78, 5) is 10.6. The van der Waals surface area contributed by atoms with E-state index >= 15 is 0 Å². The number of carbonyl (C=O) groups is 1. The number of hydrogen-bond donors (Lipinski definition) is 0. The quantitative estimate of drug-likeness (QED) is 0.716. The highest BCUT2D eigenvalue weighted by Crippen LogP contribution is 2.13. The Morgan fingerprint density at radius 1 is 1.53 bits per heavy atom. The van der Waals surface area contributed by atoms with Gasteiger partial charge >= 0.3 is 0 Å². The van der Waals surface area contributed by atoms with Gasteiger partial charge < -0.3 is 9.90 Å². The van der Waals surface area contributed by atoms with Crippen LogP contribution in [0, 0.1) is 0 Å². The molecule has 5 nitrogen and oxygen atoms in total. The third-order valence-electron chi connectivity index (χ3n) is 2.19.